The molecule has 3 rings (SSSR count). The number of likely N-dealkylation sites (tertiary alicyclic amines) is 1. The average molecular weight is 232 g/mol. The fourth-order valence-electron chi connectivity index (χ4n) is 3.14. The molecule has 1 amide bonds. The second-order valence-electron chi connectivity index (χ2n) is 5.09. The molecular weight excluding hydrogens is 216 g/mol. The predicted octanol–water partition coefficient (Wildman–Crippen LogP) is 1.25. The van der Waals surface area contributed by atoms with Gasteiger partial charge in [0.15, 0.2) is 0 Å². The Kier molecular flexibility index (Phi) is 2.50. The molecule has 2 aliphatic rings. The molecule has 2 heterocycles. The number of carbonyl (C=O) groups excluding carboxylic acids is 1. The van der Waals surface area contributed by atoms with Crippen molar-refractivity contribution in [2.75, 3.05) is 13.1 Å². The molecule has 0 aromatic carbocycles. The Morgan fingerprint density at radius 3 is 2.59 bits per heavy atom. The number of nitrogens with one attached hydrogen (secondary N) is 1. The number of hydrogen-bond acceptors (Lipinski definition) is 2. The Hall–Kier alpha value is -1.58. The third-order valence-electron chi connectivity index (χ3n) is 4.01. The van der Waals surface area contributed by atoms with Crippen LogP contribution in [0.15, 0.2) is 23.0 Å². The van der Waals surface area contributed by atoms with E-state index in [0.717, 1.165) is 13.1 Å². The number of fused-ring (bicyclic) bond motifs is 1. The Bertz CT molecular complexity index is 482. The van der Waals surface area contributed by atoms with Crippen LogP contribution in [0, 0.1) is 11.8 Å². The minimum Gasteiger partial charge on any atom is -0.337 e. The van der Waals surface area contributed by atoms with Gasteiger partial charge in [0.2, 0.25) is 5.56 Å². The van der Waals surface area contributed by atoms with E-state index in [4.69, 9.17) is 0 Å². The van der Waals surface area contributed by atoms with Gasteiger partial charge in [0.1, 0.15) is 5.69 Å². The molecule has 2 atom stereocenters. The van der Waals surface area contributed by atoms with E-state index in [-0.39, 0.29) is 11.5 Å². The lowest BCUT2D eigenvalue weighted by Gasteiger charge is -2.16. The van der Waals surface area contributed by atoms with E-state index in [1.165, 1.54) is 25.3 Å². The van der Waals surface area contributed by atoms with Gasteiger partial charge >= 0.3 is 0 Å². The summed E-state index contributed by atoms with van der Waals surface area (Å²) in [4.78, 5) is 27.9. The number of H-pyrrole nitrogens is 1. The minimum atomic E-state index is -0.213. The Balaban J connectivity index is 1.77. The Labute approximate surface area is 99.6 Å². The summed E-state index contributed by atoms with van der Waals surface area (Å²) in [7, 11) is 0. The van der Waals surface area contributed by atoms with Crippen LogP contribution in [-0.2, 0) is 0 Å². The quantitative estimate of drug-likeness (QED) is 0.792. The van der Waals surface area contributed by atoms with Gasteiger partial charge in [-0.25, -0.2) is 0 Å². The average Bonchev–Trinajstić information content (AvgIpc) is 2.88. The number of carbonyl (C=O) groups is 1. The maximum Gasteiger partial charge on any atom is 0.270 e. The van der Waals surface area contributed by atoms with Crippen LogP contribution in [0.1, 0.15) is 29.8 Å². The summed E-state index contributed by atoms with van der Waals surface area (Å²) in [6, 6.07) is 4.73. The first-order valence-corrected chi connectivity index (χ1v) is 6.22. The summed E-state index contributed by atoms with van der Waals surface area (Å²) in [5.41, 5.74) is 0.202. The zero-order valence-electron chi connectivity index (χ0n) is 9.69. The molecule has 1 saturated carbocycles. The Morgan fingerprint density at radius 1 is 1.24 bits per heavy atom. The molecule has 17 heavy (non-hydrogen) atoms. The van der Waals surface area contributed by atoms with Gasteiger partial charge in [-0.3, -0.25) is 9.59 Å². The maximum absolute atomic E-state index is 12.2. The molecule has 1 saturated heterocycles. The lowest BCUT2D eigenvalue weighted by molar-refractivity contribution is 0.0774. The first-order valence-electron chi connectivity index (χ1n) is 6.22. The summed E-state index contributed by atoms with van der Waals surface area (Å²) in [5, 5.41) is 0. The second-order valence-corrected chi connectivity index (χ2v) is 5.09. The van der Waals surface area contributed by atoms with E-state index >= 15 is 0 Å². The van der Waals surface area contributed by atoms with Gasteiger partial charge in [-0.2, -0.15) is 0 Å². The van der Waals surface area contributed by atoms with Crippen molar-refractivity contribution in [3.05, 3.63) is 34.2 Å². The van der Waals surface area contributed by atoms with Gasteiger partial charge in [0, 0.05) is 19.2 Å². The topological polar surface area (TPSA) is 53.2 Å². The molecule has 2 unspecified atom stereocenters. The zero-order valence-corrected chi connectivity index (χ0v) is 9.69. The standard InChI is InChI=1S/C13H16N2O2/c16-12-6-2-5-11(14-12)13(17)15-7-9-3-1-4-10(9)8-15/h2,5-6,9-10H,1,3-4,7-8H2,(H,14,16). The van der Waals surface area contributed by atoms with Crippen molar-refractivity contribution in [1.29, 1.82) is 0 Å². The van der Waals surface area contributed by atoms with E-state index in [1.807, 2.05) is 4.90 Å². The van der Waals surface area contributed by atoms with Crippen LogP contribution in [0.2, 0.25) is 0 Å². The molecule has 90 valence electrons. The number of amides is 1. The first kappa shape index (κ1) is 10.6. The molecule has 1 aliphatic heterocycles. The predicted molar refractivity (Wildman–Crippen MR) is 63.8 cm³/mol. The highest BCUT2D eigenvalue weighted by molar-refractivity contribution is 5.92. The molecule has 0 spiro atoms. The molecule has 1 aromatic rings. The highest BCUT2D eigenvalue weighted by atomic mass is 16.2. The van der Waals surface area contributed by atoms with E-state index < -0.39 is 0 Å². The van der Waals surface area contributed by atoms with Crippen LogP contribution >= 0.6 is 0 Å². The molecule has 1 aromatic heterocycles. The molecule has 0 bridgehead atoms. The zero-order chi connectivity index (χ0) is 11.8. The van der Waals surface area contributed by atoms with Gasteiger partial charge in [0.05, 0.1) is 0 Å². The van der Waals surface area contributed by atoms with Crippen LogP contribution in [0.25, 0.3) is 0 Å². The molecule has 1 N–H and O–H groups in total. The van der Waals surface area contributed by atoms with E-state index in [9.17, 15) is 9.59 Å². The summed E-state index contributed by atoms with van der Waals surface area (Å²) >= 11 is 0. The number of rotatable bonds is 1. The molecule has 4 nitrogen and oxygen atoms in total. The minimum absolute atomic E-state index is 0.0305. The van der Waals surface area contributed by atoms with Gasteiger partial charge in [-0.1, -0.05) is 12.5 Å². The number of aromatic nitrogens is 1. The van der Waals surface area contributed by atoms with Gasteiger partial charge < -0.3 is 9.88 Å². The van der Waals surface area contributed by atoms with Gasteiger partial charge in [-0.15, -0.1) is 0 Å². The number of nitrogens with zero attached hydrogens (tertiary/aromatic N) is 1. The van der Waals surface area contributed by atoms with Crippen LogP contribution in [0.4, 0.5) is 0 Å². The Morgan fingerprint density at radius 2 is 1.94 bits per heavy atom. The lowest BCUT2D eigenvalue weighted by Crippen LogP contribution is -2.31. The van der Waals surface area contributed by atoms with E-state index in [1.54, 1.807) is 12.1 Å². The summed E-state index contributed by atoms with van der Waals surface area (Å²) in [6.07, 6.45) is 3.80. The van der Waals surface area contributed by atoms with E-state index in [0.29, 0.717) is 17.5 Å². The second kappa shape index (κ2) is 4.02. The summed E-state index contributed by atoms with van der Waals surface area (Å²) < 4.78 is 0. The lowest BCUT2D eigenvalue weighted by atomic mass is 10.0. The number of pyridine rings is 1. The van der Waals surface area contributed by atoms with Crippen molar-refractivity contribution >= 4 is 5.91 Å². The van der Waals surface area contributed by atoms with Crippen LogP contribution in [0.5, 0.6) is 0 Å². The monoisotopic (exact) mass is 232 g/mol. The van der Waals surface area contributed by atoms with Crippen molar-refractivity contribution in [3.63, 3.8) is 0 Å². The third kappa shape index (κ3) is 1.88. The van der Waals surface area contributed by atoms with Crippen molar-refractivity contribution in [2.24, 2.45) is 11.8 Å². The largest absolute Gasteiger partial charge is 0.337 e. The fraction of sp³-hybridized carbons (Fsp3) is 0.538. The smallest absolute Gasteiger partial charge is 0.270 e. The molecule has 2 fully saturated rings. The maximum atomic E-state index is 12.2. The number of hydrogen-bond donors (Lipinski definition) is 1. The van der Waals surface area contributed by atoms with Crippen molar-refractivity contribution in [2.45, 2.75) is 19.3 Å². The molecule has 0 radical (unpaired) electrons. The summed E-state index contributed by atoms with van der Waals surface area (Å²) in [5.74, 6) is 1.35. The van der Waals surface area contributed by atoms with Gasteiger partial charge in [0.25, 0.3) is 5.91 Å². The normalized spacial score (nSPS) is 27.2. The van der Waals surface area contributed by atoms with Crippen LogP contribution < -0.4 is 5.56 Å². The highest BCUT2D eigenvalue weighted by Crippen LogP contribution is 2.37. The third-order valence-corrected chi connectivity index (χ3v) is 4.01. The number of aromatic amines is 1. The van der Waals surface area contributed by atoms with Gasteiger partial charge in [-0.05, 0) is 30.7 Å². The van der Waals surface area contributed by atoms with Crippen LogP contribution in [-0.4, -0.2) is 28.9 Å². The summed E-state index contributed by atoms with van der Waals surface area (Å²) in [6.45, 7) is 1.72. The van der Waals surface area contributed by atoms with Crippen molar-refractivity contribution in [1.82, 2.24) is 9.88 Å². The SMILES string of the molecule is O=C(c1cccc(=O)[nH]1)N1CC2CCCC2C1. The highest BCUT2D eigenvalue weighted by Gasteiger charge is 2.38. The van der Waals surface area contributed by atoms with Crippen molar-refractivity contribution in [3.8, 4) is 0 Å². The van der Waals surface area contributed by atoms with Crippen LogP contribution in [0.3, 0.4) is 0 Å². The molecule has 1 aliphatic carbocycles. The molecule has 4 heteroatoms. The molecular formula is C13H16N2O2. The van der Waals surface area contributed by atoms with E-state index in [2.05, 4.69) is 4.98 Å². The van der Waals surface area contributed by atoms with Crippen molar-refractivity contribution < 1.29 is 4.79 Å². The first-order chi connectivity index (χ1) is 8.24. The fourth-order valence-corrected chi connectivity index (χ4v) is 3.14.